The molecule has 0 spiro atoms. The van der Waals surface area contributed by atoms with Crippen LogP contribution >= 0.6 is 11.6 Å². The van der Waals surface area contributed by atoms with Crippen molar-refractivity contribution in [2.75, 3.05) is 112 Å². The molecule has 3 unspecified atom stereocenters. The number of likely N-dealkylation sites (N-methyl/N-ethyl adjacent to an activating group) is 1. The number of benzene rings is 3. The number of alkyl carbamates (subject to hydrolysis) is 1. The maximum atomic E-state index is 14.5. The van der Waals surface area contributed by atoms with Crippen LogP contribution in [-0.4, -0.2) is 247 Å². The number of epoxide rings is 1. The van der Waals surface area contributed by atoms with Gasteiger partial charge in [-0.25, -0.2) is 9.59 Å². The van der Waals surface area contributed by atoms with Crippen molar-refractivity contribution in [2.24, 2.45) is 17.6 Å². The molecular weight excluding hydrogens is 1550 g/mol. The van der Waals surface area contributed by atoms with Gasteiger partial charge in [0.25, 0.3) is 0 Å². The number of unbranched alkanes of at least 4 members (excludes halogenated alkanes) is 2. The van der Waals surface area contributed by atoms with Crippen LogP contribution in [0.3, 0.4) is 0 Å². The summed E-state index contributed by atoms with van der Waals surface area (Å²) >= 11 is 6.87. The predicted octanol–water partition coefficient (Wildman–Crippen LogP) is 6.08. The number of carbonyl (C=O) groups is 10. The number of carbonyl (C=O) groups excluding carboxylic acids is 10. The van der Waals surface area contributed by atoms with Crippen LogP contribution in [0.25, 0.3) is 0 Å². The third-order valence-corrected chi connectivity index (χ3v) is 22.9. The van der Waals surface area contributed by atoms with Crippen LogP contribution in [0.5, 0.6) is 5.75 Å². The van der Waals surface area contributed by atoms with Crippen molar-refractivity contribution in [3.63, 3.8) is 0 Å². The lowest BCUT2D eigenvalue weighted by Crippen LogP contribution is -2.63. The Kier molecular flexibility index (Phi) is 36.0. The van der Waals surface area contributed by atoms with Gasteiger partial charge >= 0.3 is 12.1 Å². The van der Waals surface area contributed by atoms with E-state index in [0.29, 0.717) is 82.4 Å². The normalized spacial score (nSPS) is 23.7. The van der Waals surface area contributed by atoms with Crippen LogP contribution in [0.1, 0.15) is 140 Å². The summed E-state index contributed by atoms with van der Waals surface area (Å²) in [6.45, 7) is 9.84. The summed E-state index contributed by atoms with van der Waals surface area (Å²) in [4.78, 5) is 141. The number of nitrogens with zero attached hydrogens (tertiary/aromatic N) is 3. The standard InChI is InChI=1S/C88H119ClN10O20/c1-58-22-20-31-73(112-8)88(110)55-71(117-85(109)96-88)59(2)81-86(4,119-81)74(54-78(104)98(6)69-52-62(50-58)53-70(111-7)80(69)89)118-84(108)60(3)97(5)77(103)32-17-19-41-93-87(37-38-87)72(100)30-21-40-91-82(106)66(28-16-18-39-90)95-83(107)67(51-61-23-10-9-11-24-61)94-76(102)36-43-114-45-47-116-49-48-115-46-44-113-42-35-75(101)92-56-79(105)99-57-65-27-13-12-25-63(65)33-34-64-26-14-15-29-68(64)99/h9-15,20,22-27,29,31,52-53,59-60,64,66-68,71,73-74,81,93,110H,16-19,21,28,30,32,35-51,54-57,90H2,1-8H3,(H,91,106)(H,92,101)(H,94,102)(H,95,107)(H,96,109)/b31-20+,58-22+/t59-,60+,64?,66+,67?,68?,71+,73-,74+,81+,86+,88+/m1/s1. The van der Waals surface area contributed by atoms with Gasteiger partial charge in [0.1, 0.15) is 52.8 Å². The van der Waals surface area contributed by atoms with E-state index in [0.717, 1.165) is 27.8 Å². The first-order valence-electron chi connectivity index (χ1n) is 41.3. The van der Waals surface area contributed by atoms with Crippen LogP contribution in [0, 0.1) is 23.7 Å². The fourth-order valence-corrected chi connectivity index (χ4v) is 15.3. The molecule has 3 fully saturated rings. The van der Waals surface area contributed by atoms with Gasteiger partial charge in [0.15, 0.2) is 11.5 Å². The molecule has 31 heteroatoms. The first kappa shape index (κ1) is 93.5. The van der Waals surface area contributed by atoms with E-state index in [1.807, 2.05) is 91.9 Å². The number of rotatable bonds is 43. The highest BCUT2D eigenvalue weighted by Gasteiger charge is 2.65. The van der Waals surface area contributed by atoms with Gasteiger partial charge < -0.3 is 94.8 Å². The first-order valence-corrected chi connectivity index (χ1v) is 41.6. The second kappa shape index (κ2) is 45.9. The van der Waals surface area contributed by atoms with Crippen molar-refractivity contribution in [1.29, 1.82) is 0 Å². The molecule has 3 aromatic carbocycles. The molecule has 0 radical (unpaired) electrons. The van der Waals surface area contributed by atoms with Gasteiger partial charge in [-0.3, -0.25) is 43.7 Å². The number of halogens is 1. The van der Waals surface area contributed by atoms with E-state index in [2.05, 4.69) is 43.7 Å². The minimum absolute atomic E-state index is 0.00587. The molecule has 4 heterocycles. The van der Waals surface area contributed by atoms with Crippen LogP contribution in [0.4, 0.5) is 10.5 Å². The van der Waals surface area contributed by atoms with E-state index in [1.165, 1.54) is 38.0 Å². The highest BCUT2D eigenvalue weighted by Crippen LogP contribution is 2.49. The summed E-state index contributed by atoms with van der Waals surface area (Å²) in [5.74, 6) is 2.54. The molecule has 0 aromatic heterocycles. The number of amides is 8. The number of fused-ring (bicyclic) bond motifs is 7. The van der Waals surface area contributed by atoms with Gasteiger partial charge in [0.2, 0.25) is 41.4 Å². The molecule has 2 aliphatic carbocycles. The van der Waals surface area contributed by atoms with E-state index < -0.39 is 101 Å². The lowest BCUT2D eigenvalue weighted by molar-refractivity contribution is -0.162. The van der Waals surface area contributed by atoms with Gasteiger partial charge in [-0.15, -0.1) is 0 Å². The van der Waals surface area contributed by atoms with E-state index >= 15 is 0 Å². The minimum Gasteiger partial charge on any atom is -0.495 e. The Morgan fingerprint density at radius 2 is 1.48 bits per heavy atom. The zero-order valence-corrected chi connectivity index (χ0v) is 70.4. The number of ketones is 1. The first-order chi connectivity index (χ1) is 57.2. The Bertz CT molecular complexity index is 4190. The number of aliphatic hydroxyl groups is 1. The summed E-state index contributed by atoms with van der Waals surface area (Å²) in [5, 5.41) is 29.4. The number of anilines is 1. The van der Waals surface area contributed by atoms with Crippen LogP contribution in [0.15, 0.2) is 115 Å². The summed E-state index contributed by atoms with van der Waals surface area (Å²) in [5.41, 5.74) is 6.50. The SMILES string of the molecule is COc1cc2cc(c1Cl)N(C)C(=O)C[C@H](OC(=O)[C@H](C)N(C)C(=O)CCCCNC1(C(=O)CCCNC(=O)[C@H](CCCCN)NC(=O)C(Cc3ccccc3)NC(=O)CCOCCOCCOCCOCCC(=O)NCC(=O)N3Cc4ccccc4C#CC4C=CC=CC43)CC1)[C@]1(C)O[C@H]1[C@H](C)[C@@H]1C[C@@](O)(NC(=O)O1)[C@H](OC)/C=C/C=C(\C)C2. The number of allylic oxidation sites excluding steroid dienone is 5. The number of ether oxygens (including phenoxy) is 9. The third kappa shape index (κ3) is 27.3. The summed E-state index contributed by atoms with van der Waals surface area (Å²) in [6, 6.07) is 17.1. The molecule has 9 rings (SSSR count). The quantitative estimate of drug-likeness (QED) is 0.0138. The average Bonchev–Trinajstić information content (AvgIpc) is 1.57. The van der Waals surface area contributed by atoms with Gasteiger partial charge in [-0.1, -0.05) is 127 Å². The Balaban J connectivity index is 0.654. The summed E-state index contributed by atoms with van der Waals surface area (Å²) < 4.78 is 52.2. The van der Waals surface area contributed by atoms with E-state index in [1.54, 1.807) is 50.1 Å². The van der Waals surface area contributed by atoms with E-state index in [9.17, 15) is 53.1 Å². The fraction of sp³-hybridized carbons (Fsp3) is 0.568. The molecule has 9 N–H and O–H groups in total. The second-order valence-corrected chi connectivity index (χ2v) is 31.7. The lowest BCUT2D eigenvalue weighted by atomic mass is 9.83. The molecular formula is C88H119ClN10O20. The lowest BCUT2D eigenvalue weighted by Gasteiger charge is -2.42. The Labute approximate surface area is 702 Å². The Morgan fingerprint density at radius 1 is 0.790 bits per heavy atom. The average molecular weight is 1670 g/mol. The van der Waals surface area contributed by atoms with Crippen molar-refractivity contribution >= 4 is 76.5 Å². The molecule has 2 saturated heterocycles. The van der Waals surface area contributed by atoms with Gasteiger partial charge in [0.05, 0.1) is 102 Å². The molecule has 6 aliphatic rings. The number of methoxy groups -OCH3 is 2. The molecule has 4 bridgehead atoms. The molecule has 3 aromatic rings. The van der Waals surface area contributed by atoms with E-state index in [4.69, 9.17) is 60.0 Å². The van der Waals surface area contributed by atoms with Gasteiger partial charge in [-0.2, -0.15) is 0 Å². The fourth-order valence-electron chi connectivity index (χ4n) is 15.0. The van der Waals surface area contributed by atoms with Crippen molar-refractivity contribution < 1.29 is 95.7 Å². The number of Topliss-reactive ketones (excluding diaryl/α,β-unsaturated/α-hetero) is 1. The van der Waals surface area contributed by atoms with Crippen molar-refractivity contribution in [3.05, 3.63) is 142 Å². The monoisotopic (exact) mass is 1670 g/mol. The summed E-state index contributed by atoms with van der Waals surface area (Å²) in [7, 11) is 5.93. The molecule has 4 aliphatic heterocycles. The number of hydrogen-bond donors (Lipinski definition) is 8. The second-order valence-electron chi connectivity index (χ2n) is 31.3. The number of esters is 1. The molecule has 12 atom stereocenters. The smallest absolute Gasteiger partial charge is 0.409 e. The maximum Gasteiger partial charge on any atom is 0.409 e. The molecule has 1 saturated carbocycles. The third-order valence-electron chi connectivity index (χ3n) is 22.5. The minimum atomic E-state index is -1.90. The summed E-state index contributed by atoms with van der Waals surface area (Å²) in [6.07, 6.45) is 12.5. The molecule has 8 amide bonds. The molecule has 648 valence electrons. The number of hydrogen-bond acceptors (Lipinski definition) is 22. The number of nitrogens with two attached hydrogens (primary N) is 1. The van der Waals surface area contributed by atoms with E-state index in [-0.39, 0.29) is 158 Å². The van der Waals surface area contributed by atoms with Crippen molar-refractivity contribution in [3.8, 4) is 17.6 Å². The maximum absolute atomic E-state index is 14.5. The number of nitrogens with one attached hydrogen (secondary N) is 6. The van der Waals surface area contributed by atoms with Crippen LogP contribution in [0.2, 0.25) is 5.02 Å². The predicted molar refractivity (Wildman–Crippen MR) is 444 cm³/mol. The van der Waals surface area contributed by atoms with Crippen LogP contribution in [-0.2, 0) is 100 Å². The highest BCUT2D eigenvalue weighted by molar-refractivity contribution is 6.35. The topological polar surface area (TPSA) is 385 Å². The zero-order valence-electron chi connectivity index (χ0n) is 69.7. The van der Waals surface area contributed by atoms with Gasteiger partial charge in [-0.05, 0) is 127 Å². The van der Waals surface area contributed by atoms with Crippen molar-refractivity contribution in [1.82, 2.24) is 41.7 Å². The van der Waals surface area contributed by atoms with Crippen molar-refractivity contribution in [2.45, 2.75) is 202 Å². The highest BCUT2D eigenvalue weighted by atomic mass is 35.5. The molecule has 30 nitrogen and oxygen atoms in total. The largest absolute Gasteiger partial charge is 0.495 e. The Hall–Kier alpha value is -9.39. The van der Waals surface area contributed by atoms with Gasteiger partial charge in [0, 0.05) is 84.3 Å². The zero-order chi connectivity index (χ0) is 85.7. The molecule has 119 heavy (non-hydrogen) atoms. The Morgan fingerprint density at radius 3 is 2.18 bits per heavy atom. The van der Waals surface area contributed by atoms with Crippen LogP contribution < -0.4 is 47.3 Å².